The van der Waals surface area contributed by atoms with Gasteiger partial charge in [0.2, 0.25) is 11.7 Å². The molecule has 2 aliphatic heterocycles. The summed E-state index contributed by atoms with van der Waals surface area (Å²) in [6.45, 7) is 2.46. The molecule has 2 heterocycles. The van der Waals surface area contributed by atoms with Gasteiger partial charge < -0.3 is 31.5 Å². The number of likely N-dealkylation sites (tertiary alicyclic amines) is 2. The second-order valence-electron chi connectivity index (χ2n) is 11.9. The fourth-order valence-corrected chi connectivity index (χ4v) is 7.54. The lowest BCUT2D eigenvalue weighted by atomic mass is 9.58. The van der Waals surface area contributed by atoms with Crippen LogP contribution in [0.25, 0.3) is 0 Å². The Labute approximate surface area is 240 Å². The molecule has 224 valence electrons. The number of hydrogen-bond acceptors (Lipinski definition) is 10. The molecule has 6 rings (SSSR count). The SMILES string of the molecule is NC(=O)C1=C(O)[C@@H](N2CCCC2)[C@@H]2C[C@@H]3Cc4c(F)cc(NC(=O)CN5CCCC5)c(O)c4C(=O)C3=C(O)[C@]2(O)C1=O. The monoisotopic (exact) mass is 584 g/mol. The normalized spacial score (nSPS) is 29.9. The Morgan fingerprint density at radius 3 is 2.36 bits per heavy atom. The van der Waals surface area contributed by atoms with Crippen LogP contribution in [0.2, 0.25) is 0 Å². The quantitative estimate of drug-likeness (QED) is 0.213. The Morgan fingerprint density at radius 2 is 1.71 bits per heavy atom. The molecule has 0 bridgehead atoms. The van der Waals surface area contributed by atoms with Crippen molar-refractivity contribution in [1.29, 1.82) is 0 Å². The second kappa shape index (κ2) is 10.2. The maximum absolute atomic E-state index is 15.5. The Morgan fingerprint density at radius 1 is 1.07 bits per heavy atom. The Bertz CT molecular complexity index is 1480. The van der Waals surface area contributed by atoms with Gasteiger partial charge >= 0.3 is 0 Å². The molecule has 7 N–H and O–H groups in total. The van der Waals surface area contributed by atoms with Crippen molar-refractivity contribution in [1.82, 2.24) is 9.80 Å². The van der Waals surface area contributed by atoms with E-state index in [-0.39, 0.29) is 30.6 Å². The minimum Gasteiger partial charge on any atom is -0.510 e. The number of aliphatic hydroxyl groups excluding tert-OH is 2. The Kier molecular flexibility index (Phi) is 6.86. The van der Waals surface area contributed by atoms with Crippen LogP contribution in [0.3, 0.4) is 0 Å². The maximum atomic E-state index is 15.5. The Hall–Kier alpha value is -3.81. The highest BCUT2D eigenvalue weighted by Gasteiger charge is 2.64. The summed E-state index contributed by atoms with van der Waals surface area (Å²) in [4.78, 5) is 55.9. The van der Waals surface area contributed by atoms with E-state index < -0.39 is 86.7 Å². The van der Waals surface area contributed by atoms with E-state index in [4.69, 9.17) is 5.73 Å². The number of rotatable bonds is 5. The predicted molar refractivity (Wildman–Crippen MR) is 145 cm³/mol. The number of nitrogens with zero attached hydrogens (tertiary/aromatic N) is 2. The van der Waals surface area contributed by atoms with Gasteiger partial charge in [-0.2, -0.15) is 0 Å². The Balaban J connectivity index is 1.42. The number of benzene rings is 1. The predicted octanol–water partition coefficient (Wildman–Crippen LogP) is 0.828. The summed E-state index contributed by atoms with van der Waals surface area (Å²) in [6, 6.07) is -0.105. The molecule has 2 saturated heterocycles. The molecule has 12 nitrogen and oxygen atoms in total. The van der Waals surface area contributed by atoms with Gasteiger partial charge in [0, 0.05) is 23.1 Å². The van der Waals surface area contributed by atoms with Crippen LogP contribution in [0.4, 0.5) is 10.1 Å². The first kappa shape index (κ1) is 28.3. The molecular formula is C29H33FN4O8. The van der Waals surface area contributed by atoms with Gasteiger partial charge in [-0.15, -0.1) is 0 Å². The summed E-state index contributed by atoms with van der Waals surface area (Å²) in [7, 11) is 0. The smallest absolute Gasteiger partial charge is 0.255 e. The summed E-state index contributed by atoms with van der Waals surface area (Å²) < 4.78 is 15.5. The van der Waals surface area contributed by atoms with Gasteiger partial charge in [0.15, 0.2) is 17.1 Å². The molecule has 2 fully saturated rings. The molecule has 42 heavy (non-hydrogen) atoms. The lowest BCUT2D eigenvalue weighted by Gasteiger charge is -2.50. The highest BCUT2D eigenvalue weighted by atomic mass is 19.1. The zero-order chi connectivity index (χ0) is 30.1. The third-order valence-corrected chi connectivity index (χ3v) is 9.49. The number of fused-ring (bicyclic) bond motifs is 3. The summed E-state index contributed by atoms with van der Waals surface area (Å²) in [5, 5.41) is 47.9. The fraction of sp³-hybridized carbons (Fsp3) is 0.517. The number of carbonyl (C=O) groups excluding carboxylic acids is 4. The van der Waals surface area contributed by atoms with Gasteiger partial charge in [0.25, 0.3) is 5.91 Å². The first-order valence-electron chi connectivity index (χ1n) is 14.2. The van der Waals surface area contributed by atoms with Gasteiger partial charge in [0.05, 0.1) is 23.8 Å². The zero-order valence-electron chi connectivity index (χ0n) is 22.9. The van der Waals surface area contributed by atoms with E-state index in [0.29, 0.717) is 13.1 Å². The van der Waals surface area contributed by atoms with Crippen LogP contribution >= 0.6 is 0 Å². The van der Waals surface area contributed by atoms with Crippen molar-refractivity contribution in [2.45, 2.75) is 50.2 Å². The molecule has 0 unspecified atom stereocenters. The third kappa shape index (κ3) is 4.13. The molecule has 0 radical (unpaired) electrons. The molecule has 0 aromatic heterocycles. The van der Waals surface area contributed by atoms with Gasteiger partial charge in [-0.1, -0.05) is 0 Å². The summed E-state index contributed by atoms with van der Waals surface area (Å²) in [5.41, 5.74) is 0.478. The van der Waals surface area contributed by atoms with Crippen LogP contribution < -0.4 is 11.1 Å². The average molecular weight is 585 g/mol. The van der Waals surface area contributed by atoms with E-state index in [2.05, 4.69) is 5.32 Å². The molecule has 1 aromatic rings. The van der Waals surface area contributed by atoms with Crippen LogP contribution in [0.15, 0.2) is 28.7 Å². The van der Waals surface area contributed by atoms with Crippen molar-refractivity contribution in [3.05, 3.63) is 45.7 Å². The summed E-state index contributed by atoms with van der Waals surface area (Å²) >= 11 is 0. The largest absolute Gasteiger partial charge is 0.510 e. The molecule has 1 aromatic carbocycles. The summed E-state index contributed by atoms with van der Waals surface area (Å²) in [5.74, 6) is -9.32. The number of aliphatic hydroxyl groups is 3. The van der Waals surface area contributed by atoms with E-state index in [1.54, 1.807) is 4.90 Å². The number of hydrogen-bond donors (Lipinski definition) is 6. The summed E-state index contributed by atoms with van der Waals surface area (Å²) in [6.07, 6.45) is 3.15. The molecule has 0 saturated carbocycles. The first-order valence-corrected chi connectivity index (χ1v) is 14.2. The number of amides is 2. The van der Waals surface area contributed by atoms with E-state index in [1.807, 2.05) is 4.90 Å². The number of carbonyl (C=O) groups is 4. The number of nitrogens with two attached hydrogens (primary N) is 1. The van der Waals surface area contributed by atoms with Crippen LogP contribution in [-0.4, -0.2) is 98.0 Å². The number of phenolic OH excluding ortho intramolecular Hbond substituents is 1. The number of halogens is 1. The molecule has 3 aliphatic carbocycles. The van der Waals surface area contributed by atoms with Crippen LogP contribution in [0.5, 0.6) is 5.75 Å². The molecule has 2 amide bonds. The standard InChI is InChI=1S/C29H33FN4O8/c30-16-11-17(32-18(35)12-33-5-1-2-6-33)23(36)20-14(16)9-13-10-15-22(34-7-3-4-8-34)25(38)21(28(31)41)27(40)29(15,42)26(39)19(13)24(20)37/h11,13,15,22,36,38-39,42H,1-10,12H2,(H2,31,41)(H,32,35)/t13-,15-,22-,29-/m0/s1. The fourth-order valence-electron chi connectivity index (χ4n) is 7.54. The van der Waals surface area contributed by atoms with Gasteiger partial charge in [-0.25, -0.2) is 4.39 Å². The van der Waals surface area contributed by atoms with Crippen molar-refractivity contribution in [3.63, 3.8) is 0 Å². The molecule has 0 spiro atoms. The van der Waals surface area contributed by atoms with Crippen molar-refractivity contribution >= 4 is 29.1 Å². The van der Waals surface area contributed by atoms with E-state index in [1.165, 1.54) is 0 Å². The highest BCUT2D eigenvalue weighted by molar-refractivity contribution is 6.25. The number of ketones is 2. The number of Topliss-reactive ketones (excluding diaryl/α,β-unsaturated/α-hetero) is 2. The molecule has 13 heteroatoms. The van der Waals surface area contributed by atoms with Gasteiger partial charge in [-0.05, 0) is 70.6 Å². The van der Waals surface area contributed by atoms with Crippen LogP contribution in [0, 0.1) is 17.7 Å². The van der Waals surface area contributed by atoms with Gasteiger partial charge in [0.1, 0.15) is 22.9 Å². The topological polar surface area (TPSA) is 194 Å². The number of phenols is 1. The molecule has 4 atom stereocenters. The van der Waals surface area contributed by atoms with E-state index in [9.17, 15) is 39.6 Å². The number of anilines is 1. The molecule has 5 aliphatic rings. The minimum absolute atomic E-state index is 0.0252. The minimum atomic E-state index is -2.77. The number of aromatic hydroxyl groups is 1. The third-order valence-electron chi connectivity index (χ3n) is 9.49. The zero-order valence-corrected chi connectivity index (χ0v) is 22.9. The van der Waals surface area contributed by atoms with Gasteiger partial charge in [-0.3, -0.25) is 29.0 Å². The maximum Gasteiger partial charge on any atom is 0.255 e. The number of allylic oxidation sites excluding steroid dienone is 1. The van der Waals surface area contributed by atoms with Crippen LogP contribution in [-0.2, 0) is 20.8 Å². The van der Waals surface area contributed by atoms with E-state index in [0.717, 1.165) is 44.8 Å². The van der Waals surface area contributed by atoms with Crippen molar-refractivity contribution in [2.75, 3.05) is 38.0 Å². The number of nitrogens with one attached hydrogen (secondary N) is 1. The average Bonchev–Trinajstić information content (AvgIpc) is 3.64. The molecular weight excluding hydrogens is 551 g/mol. The first-order chi connectivity index (χ1) is 19.9. The lowest BCUT2D eigenvalue weighted by Crippen LogP contribution is -2.64. The van der Waals surface area contributed by atoms with Crippen molar-refractivity contribution in [2.24, 2.45) is 17.6 Å². The second-order valence-corrected chi connectivity index (χ2v) is 11.9. The highest BCUT2D eigenvalue weighted by Crippen LogP contribution is 2.53. The lowest BCUT2D eigenvalue weighted by molar-refractivity contribution is -0.149. The number of primary amides is 1. The van der Waals surface area contributed by atoms with Crippen LogP contribution in [0.1, 0.15) is 48.0 Å². The van der Waals surface area contributed by atoms with Crippen molar-refractivity contribution in [3.8, 4) is 5.75 Å². The van der Waals surface area contributed by atoms with Crippen molar-refractivity contribution < 1.29 is 44.0 Å². The van der Waals surface area contributed by atoms with E-state index >= 15 is 4.39 Å².